The molecule has 188 valence electrons. The fourth-order valence-electron chi connectivity index (χ4n) is 4.94. The lowest BCUT2D eigenvalue weighted by Crippen LogP contribution is -2.48. The summed E-state index contributed by atoms with van der Waals surface area (Å²) in [6.45, 7) is 5.16. The van der Waals surface area contributed by atoms with E-state index < -0.39 is 5.91 Å². The van der Waals surface area contributed by atoms with Gasteiger partial charge in [-0.3, -0.25) is 14.5 Å². The average molecular weight is 481 g/mol. The van der Waals surface area contributed by atoms with Gasteiger partial charge in [0.1, 0.15) is 5.75 Å². The molecule has 1 aromatic heterocycles. The fourth-order valence-corrected chi connectivity index (χ4v) is 4.94. The van der Waals surface area contributed by atoms with Gasteiger partial charge in [-0.05, 0) is 90.5 Å². The van der Waals surface area contributed by atoms with Crippen LogP contribution in [0.4, 0.5) is 0 Å². The van der Waals surface area contributed by atoms with Crippen LogP contribution < -0.4 is 10.5 Å². The lowest BCUT2D eigenvalue weighted by molar-refractivity contribution is -0.137. The van der Waals surface area contributed by atoms with Gasteiger partial charge >= 0.3 is 0 Å². The van der Waals surface area contributed by atoms with E-state index in [2.05, 4.69) is 33.9 Å². The molecule has 2 aliphatic rings. The van der Waals surface area contributed by atoms with Crippen molar-refractivity contribution in [2.75, 3.05) is 40.3 Å². The molecule has 0 bridgehead atoms. The monoisotopic (exact) mass is 480 g/mol. The van der Waals surface area contributed by atoms with Crippen molar-refractivity contribution in [3.63, 3.8) is 0 Å². The molecule has 9 heteroatoms. The Morgan fingerprint density at radius 1 is 1.09 bits per heavy atom. The molecule has 3 heterocycles. The Hall–Kier alpha value is -3.04. The minimum Gasteiger partial charge on any atom is -0.439 e. The van der Waals surface area contributed by atoms with E-state index >= 15 is 0 Å². The molecule has 1 unspecified atom stereocenters. The van der Waals surface area contributed by atoms with Gasteiger partial charge in [0, 0.05) is 29.9 Å². The molecule has 0 spiro atoms. The van der Waals surface area contributed by atoms with Gasteiger partial charge in [-0.25, -0.2) is 4.98 Å². The van der Waals surface area contributed by atoms with E-state index in [0.717, 1.165) is 50.9 Å². The van der Waals surface area contributed by atoms with Gasteiger partial charge < -0.3 is 20.3 Å². The minimum absolute atomic E-state index is 0.130. The predicted molar refractivity (Wildman–Crippen MR) is 133 cm³/mol. The third-order valence-corrected chi connectivity index (χ3v) is 7.03. The number of benzene rings is 1. The summed E-state index contributed by atoms with van der Waals surface area (Å²) in [6.07, 6.45) is 5.03. The zero-order valence-corrected chi connectivity index (χ0v) is 20.9. The highest BCUT2D eigenvalue weighted by molar-refractivity contribution is 5.92. The maximum absolute atomic E-state index is 13.4. The van der Waals surface area contributed by atoms with Crippen LogP contribution in [0, 0.1) is 6.92 Å². The maximum atomic E-state index is 13.4. The first kappa shape index (κ1) is 25.1. The molecular weight excluding hydrogens is 444 g/mol. The van der Waals surface area contributed by atoms with Crippen molar-refractivity contribution in [3.8, 4) is 11.6 Å². The predicted octanol–water partition coefficient (Wildman–Crippen LogP) is 2.76. The van der Waals surface area contributed by atoms with Crippen molar-refractivity contribution in [2.24, 2.45) is 5.73 Å². The first-order chi connectivity index (χ1) is 16.8. The zero-order valence-electron chi connectivity index (χ0n) is 20.9. The maximum Gasteiger partial charge on any atom is 0.248 e. The molecule has 0 saturated carbocycles. The van der Waals surface area contributed by atoms with Crippen LogP contribution in [-0.2, 0) is 4.79 Å². The molecule has 0 radical (unpaired) electrons. The van der Waals surface area contributed by atoms with Crippen LogP contribution in [-0.4, -0.2) is 82.8 Å². The smallest absolute Gasteiger partial charge is 0.248 e. The Bertz CT molecular complexity index is 1040. The van der Waals surface area contributed by atoms with Gasteiger partial charge in [-0.15, -0.1) is 0 Å². The number of carbonyl (C=O) groups excluding carboxylic acids is 2. The number of rotatable bonds is 7. The molecule has 2 N–H and O–H groups in total. The van der Waals surface area contributed by atoms with Crippen LogP contribution in [0.5, 0.6) is 11.6 Å². The van der Waals surface area contributed by atoms with Crippen molar-refractivity contribution >= 4 is 11.8 Å². The molecule has 0 aliphatic carbocycles. The van der Waals surface area contributed by atoms with Gasteiger partial charge in [0.25, 0.3) is 0 Å². The number of amides is 2. The molecule has 9 nitrogen and oxygen atoms in total. The van der Waals surface area contributed by atoms with E-state index in [0.29, 0.717) is 42.1 Å². The quantitative estimate of drug-likeness (QED) is 0.650. The largest absolute Gasteiger partial charge is 0.439 e. The van der Waals surface area contributed by atoms with Crippen molar-refractivity contribution in [3.05, 3.63) is 47.4 Å². The Kier molecular flexibility index (Phi) is 7.97. The summed E-state index contributed by atoms with van der Waals surface area (Å²) in [6, 6.07) is 8.66. The van der Waals surface area contributed by atoms with E-state index in [9.17, 15) is 9.59 Å². The Labute approximate surface area is 207 Å². The lowest BCUT2D eigenvalue weighted by Gasteiger charge is -2.38. The second kappa shape index (κ2) is 11.1. The number of hydrogen-bond donors (Lipinski definition) is 1. The van der Waals surface area contributed by atoms with Gasteiger partial charge in [-0.1, -0.05) is 0 Å². The number of likely N-dealkylation sites (N-methyl/N-ethyl adjacent to an activating group) is 1. The number of carbonyl (C=O) groups is 2. The van der Waals surface area contributed by atoms with Crippen molar-refractivity contribution in [1.82, 2.24) is 24.7 Å². The van der Waals surface area contributed by atoms with Crippen LogP contribution in [0.25, 0.3) is 0 Å². The van der Waals surface area contributed by atoms with Crippen LogP contribution in [0.1, 0.15) is 60.0 Å². The zero-order chi connectivity index (χ0) is 24.9. The summed E-state index contributed by atoms with van der Waals surface area (Å²) in [4.78, 5) is 40.6. The third kappa shape index (κ3) is 6.35. The first-order valence-electron chi connectivity index (χ1n) is 12.4. The Morgan fingerprint density at radius 3 is 2.49 bits per heavy atom. The number of ether oxygens (including phenoxy) is 1. The summed E-state index contributed by atoms with van der Waals surface area (Å²) in [5.41, 5.74) is 6.51. The SMILES string of the molecule is Cc1cc(Oc2ccc(C(N)=O)cc2)nc(C2CCCCN2C(=O)CN(C)C2CCN(C)CC2)n1. The Morgan fingerprint density at radius 2 is 1.80 bits per heavy atom. The molecule has 4 rings (SSSR count). The van der Waals surface area contributed by atoms with Crippen LogP contribution in [0.2, 0.25) is 0 Å². The molecule has 2 fully saturated rings. The van der Waals surface area contributed by atoms with Crippen molar-refractivity contribution < 1.29 is 14.3 Å². The summed E-state index contributed by atoms with van der Waals surface area (Å²) in [7, 11) is 4.21. The highest BCUT2D eigenvalue weighted by atomic mass is 16.5. The first-order valence-corrected chi connectivity index (χ1v) is 12.4. The molecule has 35 heavy (non-hydrogen) atoms. The summed E-state index contributed by atoms with van der Waals surface area (Å²) < 4.78 is 5.95. The van der Waals surface area contributed by atoms with E-state index in [1.807, 2.05) is 11.8 Å². The van der Waals surface area contributed by atoms with Gasteiger partial charge in [0.05, 0.1) is 12.6 Å². The topological polar surface area (TPSA) is 105 Å². The lowest BCUT2D eigenvalue weighted by atomic mass is 10.0. The number of likely N-dealkylation sites (tertiary alicyclic amines) is 2. The summed E-state index contributed by atoms with van der Waals surface area (Å²) in [5.74, 6) is 1.23. The molecule has 2 aromatic rings. The molecule has 1 atom stereocenters. The molecule has 2 amide bonds. The van der Waals surface area contributed by atoms with E-state index in [-0.39, 0.29) is 11.9 Å². The molecular formula is C26H36N6O3. The van der Waals surface area contributed by atoms with E-state index in [1.54, 1.807) is 30.3 Å². The van der Waals surface area contributed by atoms with Crippen molar-refractivity contribution in [2.45, 2.75) is 51.1 Å². The highest BCUT2D eigenvalue weighted by Crippen LogP contribution is 2.31. The molecule has 2 aliphatic heterocycles. The normalized spacial score (nSPS) is 19.7. The van der Waals surface area contributed by atoms with Crippen molar-refractivity contribution in [1.29, 1.82) is 0 Å². The minimum atomic E-state index is -0.486. The standard InChI is InChI=1S/C26H36N6O3/c1-18-16-23(35-21-9-7-19(8-10-21)25(27)34)29-26(28-18)22-6-4-5-13-32(22)24(33)17-31(3)20-11-14-30(2)15-12-20/h7-10,16,20,22H,4-6,11-15,17H2,1-3H3,(H2,27,34). The second-order valence-electron chi connectivity index (χ2n) is 9.74. The van der Waals surface area contributed by atoms with Gasteiger partial charge in [-0.2, -0.15) is 4.98 Å². The number of aryl methyl sites for hydroxylation is 1. The number of primary amides is 1. The Balaban J connectivity index is 1.47. The van der Waals surface area contributed by atoms with Crippen LogP contribution >= 0.6 is 0 Å². The van der Waals surface area contributed by atoms with Crippen LogP contribution in [0.3, 0.4) is 0 Å². The van der Waals surface area contributed by atoms with Crippen LogP contribution in [0.15, 0.2) is 30.3 Å². The third-order valence-electron chi connectivity index (χ3n) is 7.03. The average Bonchev–Trinajstić information content (AvgIpc) is 2.84. The molecule has 1 aromatic carbocycles. The summed E-state index contributed by atoms with van der Waals surface area (Å²) in [5, 5.41) is 0. The second-order valence-corrected chi connectivity index (χ2v) is 9.74. The highest BCUT2D eigenvalue weighted by Gasteiger charge is 2.32. The van der Waals surface area contributed by atoms with Gasteiger partial charge in [0.15, 0.2) is 5.82 Å². The van der Waals surface area contributed by atoms with E-state index in [4.69, 9.17) is 10.5 Å². The van der Waals surface area contributed by atoms with Gasteiger partial charge in [0.2, 0.25) is 17.7 Å². The summed E-state index contributed by atoms with van der Waals surface area (Å²) >= 11 is 0. The molecule has 2 saturated heterocycles. The number of aromatic nitrogens is 2. The number of nitrogens with two attached hydrogens (primary N) is 1. The number of nitrogens with zero attached hydrogens (tertiary/aromatic N) is 5. The number of piperidine rings is 2. The fraction of sp³-hybridized carbons (Fsp3) is 0.538. The number of hydrogen-bond acceptors (Lipinski definition) is 7. The van der Waals surface area contributed by atoms with E-state index in [1.165, 1.54) is 0 Å².